The molecule has 0 aliphatic carbocycles. The first-order chi connectivity index (χ1) is 8.93. The Hall–Kier alpha value is -1.44. The highest BCUT2D eigenvalue weighted by Gasteiger charge is 2.37. The van der Waals surface area contributed by atoms with Crippen LogP contribution in [0.2, 0.25) is 0 Å². The van der Waals surface area contributed by atoms with E-state index in [9.17, 15) is 18.4 Å². The van der Waals surface area contributed by atoms with Crippen LogP contribution in [-0.2, 0) is 9.53 Å². The summed E-state index contributed by atoms with van der Waals surface area (Å²) in [5.74, 6) is -1.47. The van der Waals surface area contributed by atoms with E-state index in [1.807, 2.05) is 0 Å². The van der Waals surface area contributed by atoms with E-state index in [4.69, 9.17) is 5.11 Å². The van der Waals surface area contributed by atoms with E-state index < -0.39 is 31.0 Å². The van der Waals surface area contributed by atoms with Crippen LogP contribution in [0.4, 0.5) is 13.6 Å². The highest BCUT2D eigenvalue weighted by atomic mass is 19.3. The summed E-state index contributed by atoms with van der Waals surface area (Å²) in [6.07, 6.45) is -2.10. The molecule has 110 valence electrons. The molecule has 0 bridgehead atoms. The number of ether oxygens (including phenoxy) is 1. The fraction of sp³-hybridized carbons (Fsp3) is 0.818. The van der Waals surface area contributed by atoms with E-state index in [2.05, 4.69) is 10.1 Å². The average molecular weight is 280 g/mol. The van der Waals surface area contributed by atoms with Gasteiger partial charge in [-0.05, 0) is 13.3 Å². The Bertz CT molecular complexity index is 328. The molecule has 2 N–H and O–H groups in total. The Morgan fingerprint density at radius 1 is 1.53 bits per heavy atom. The van der Waals surface area contributed by atoms with Crippen molar-refractivity contribution in [2.45, 2.75) is 25.8 Å². The summed E-state index contributed by atoms with van der Waals surface area (Å²) in [4.78, 5) is 24.1. The molecule has 1 fully saturated rings. The number of carbonyl (C=O) groups is 2. The molecule has 0 radical (unpaired) electrons. The standard InChI is InChI=1S/C11H18F2N2O4/c1-7-8(10(16)17)2-4-15(7)11(18)14-3-5-19-6-9(12)13/h7-9H,2-6H2,1H3,(H,14,18)(H,16,17). The maximum Gasteiger partial charge on any atom is 0.317 e. The normalized spacial score (nSPS) is 22.8. The van der Waals surface area contributed by atoms with Crippen molar-refractivity contribution in [3.05, 3.63) is 0 Å². The summed E-state index contributed by atoms with van der Waals surface area (Å²) < 4.78 is 28.1. The quantitative estimate of drug-likeness (QED) is 0.704. The SMILES string of the molecule is CC1C(C(=O)O)CCN1C(=O)NCCOCC(F)F. The Kier molecular flexibility index (Phi) is 5.94. The number of nitrogens with one attached hydrogen (secondary N) is 1. The van der Waals surface area contributed by atoms with Crippen molar-refractivity contribution < 1.29 is 28.2 Å². The van der Waals surface area contributed by atoms with Gasteiger partial charge in [-0.1, -0.05) is 0 Å². The molecule has 0 saturated carbocycles. The van der Waals surface area contributed by atoms with Gasteiger partial charge >= 0.3 is 12.0 Å². The summed E-state index contributed by atoms with van der Waals surface area (Å²) in [6.45, 7) is 1.52. The van der Waals surface area contributed by atoms with E-state index in [1.54, 1.807) is 6.92 Å². The number of rotatable bonds is 6. The lowest BCUT2D eigenvalue weighted by Gasteiger charge is -2.23. The van der Waals surface area contributed by atoms with E-state index in [0.29, 0.717) is 13.0 Å². The fourth-order valence-electron chi connectivity index (χ4n) is 2.06. The molecule has 1 aliphatic rings. The number of amides is 2. The minimum absolute atomic E-state index is 0.000655. The van der Waals surface area contributed by atoms with Gasteiger partial charge in [0.25, 0.3) is 6.43 Å². The van der Waals surface area contributed by atoms with Crippen LogP contribution < -0.4 is 5.32 Å². The second kappa shape index (κ2) is 7.22. The van der Waals surface area contributed by atoms with Crippen molar-refractivity contribution >= 4 is 12.0 Å². The first-order valence-corrected chi connectivity index (χ1v) is 6.06. The highest BCUT2D eigenvalue weighted by molar-refractivity contribution is 5.78. The van der Waals surface area contributed by atoms with Crippen LogP contribution in [0.1, 0.15) is 13.3 Å². The minimum atomic E-state index is -2.52. The van der Waals surface area contributed by atoms with E-state index in [1.165, 1.54) is 4.90 Å². The molecule has 19 heavy (non-hydrogen) atoms. The maximum absolute atomic E-state index is 11.8. The summed E-state index contributed by atoms with van der Waals surface area (Å²) in [6, 6.07) is -0.767. The summed E-state index contributed by atoms with van der Waals surface area (Å²) in [7, 11) is 0. The van der Waals surface area contributed by atoms with Crippen molar-refractivity contribution in [1.29, 1.82) is 0 Å². The Labute approximate surface area is 109 Å². The zero-order valence-corrected chi connectivity index (χ0v) is 10.6. The molecule has 0 aromatic heterocycles. The number of alkyl halides is 2. The van der Waals surface area contributed by atoms with Crippen LogP contribution in [0.3, 0.4) is 0 Å². The molecule has 2 amide bonds. The van der Waals surface area contributed by atoms with Gasteiger partial charge in [-0.25, -0.2) is 13.6 Å². The number of carboxylic acid groups (broad SMARTS) is 1. The molecule has 2 atom stereocenters. The number of carbonyl (C=O) groups excluding carboxylic acids is 1. The number of hydrogen-bond acceptors (Lipinski definition) is 3. The Balaban J connectivity index is 2.25. The van der Waals surface area contributed by atoms with Gasteiger partial charge in [0.1, 0.15) is 6.61 Å². The molecule has 0 spiro atoms. The zero-order valence-electron chi connectivity index (χ0n) is 10.6. The van der Waals surface area contributed by atoms with Gasteiger partial charge in [0, 0.05) is 19.1 Å². The van der Waals surface area contributed by atoms with E-state index >= 15 is 0 Å². The molecule has 1 heterocycles. The van der Waals surface area contributed by atoms with Crippen molar-refractivity contribution in [2.24, 2.45) is 5.92 Å². The zero-order chi connectivity index (χ0) is 14.4. The topological polar surface area (TPSA) is 78.9 Å². The average Bonchev–Trinajstić information content (AvgIpc) is 2.70. The molecule has 0 aromatic rings. The van der Waals surface area contributed by atoms with Gasteiger partial charge in [-0.3, -0.25) is 4.79 Å². The predicted octanol–water partition coefficient (Wildman–Crippen LogP) is 0.773. The maximum atomic E-state index is 11.8. The van der Waals surface area contributed by atoms with Crippen molar-refractivity contribution in [3.8, 4) is 0 Å². The van der Waals surface area contributed by atoms with Crippen molar-refractivity contribution in [2.75, 3.05) is 26.3 Å². The van der Waals surface area contributed by atoms with Crippen LogP contribution in [0, 0.1) is 5.92 Å². The largest absolute Gasteiger partial charge is 0.481 e. The van der Waals surface area contributed by atoms with Crippen LogP contribution in [0.15, 0.2) is 0 Å². The second-order valence-electron chi connectivity index (χ2n) is 4.37. The number of nitrogens with zero attached hydrogens (tertiary/aromatic N) is 1. The molecule has 1 rings (SSSR count). The predicted molar refractivity (Wildman–Crippen MR) is 62.1 cm³/mol. The van der Waals surface area contributed by atoms with Gasteiger partial charge in [0.05, 0.1) is 12.5 Å². The third-order valence-corrected chi connectivity index (χ3v) is 3.10. The van der Waals surface area contributed by atoms with Gasteiger partial charge in [0.15, 0.2) is 0 Å². The van der Waals surface area contributed by atoms with E-state index in [0.717, 1.165) is 0 Å². The number of aliphatic carboxylic acids is 1. The lowest BCUT2D eigenvalue weighted by atomic mass is 10.0. The molecular weight excluding hydrogens is 262 g/mol. The van der Waals surface area contributed by atoms with E-state index in [-0.39, 0.29) is 19.2 Å². The number of halogens is 2. The first kappa shape index (κ1) is 15.6. The molecule has 1 saturated heterocycles. The lowest BCUT2D eigenvalue weighted by Crippen LogP contribution is -2.44. The molecule has 1 aliphatic heterocycles. The summed E-state index contributed by atoms with van der Waals surface area (Å²) in [5, 5.41) is 11.4. The van der Waals surface area contributed by atoms with Gasteiger partial charge in [-0.15, -0.1) is 0 Å². The smallest absolute Gasteiger partial charge is 0.317 e. The summed E-state index contributed by atoms with van der Waals surface area (Å²) >= 11 is 0. The minimum Gasteiger partial charge on any atom is -0.481 e. The van der Waals surface area contributed by atoms with Crippen LogP contribution in [0.25, 0.3) is 0 Å². The number of likely N-dealkylation sites (tertiary alicyclic amines) is 1. The van der Waals surface area contributed by atoms with Gasteiger partial charge in [-0.2, -0.15) is 0 Å². The van der Waals surface area contributed by atoms with Crippen LogP contribution in [-0.4, -0.2) is 60.8 Å². The van der Waals surface area contributed by atoms with Crippen molar-refractivity contribution in [1.82, 2.24) is 10.2 Å². The molecule has 0 aromatic carbocycles. The lowest BCUT2D eigenvalue weighted by molar-refractivity contribution is -0.142. The van der Waals surface area contributed by atoms with Gasteiger partial charge in [0.2, 0.25) is 0 Å². The third-order valence-electron chi connectivity index (χ3n) is 3.10. The highest BCUT2D eigenvalue weighted by Crippen LogP contribution is 2.23. The number of carboxylic acids is 1. The monoisotopic (exact) mass is 280 g/mol. The molecule has 2 unspecified atom stereocenters. The Morgan fingerprint density at radius 3 is 2.74 bits per heavy atom. The summed E-state index contributed by atoms with van der Waals surface area (Å²) in [5.41, 5.74) is 0. The van der Waals surface area contributed by atoms with Crippen molar-refractivity contribution in [3.63, 3.8) is 0 Å². The molecular formula is C11H18F2N2O4. The molecule has 6 nitrogen and oxygen atoms in total. The van der Waals surface area contributed by atoms with Crippen LogP contribution in [0.5, 0.6) is 0 Å². The molecule has 8 heteroatoms. The first-order valence-electron chi connectivity index (χ1n) is 6.06. The third kappa shape index (κ3) is 4.62. The number of hydrogen-bond donors (Lipinski definition) is 2. The van der Waals surface area contributed by atoms with Gasteiger partial charge < -0.3 is 20.1 Å². The fourth-order valence-corrected chi connectivity index (χ4v) is 2.06. The van der Waals surface area contributed by atoms with Crippen LogP contribution >= 0.6 is 0 Å². The Morgan fingerprint density at radius 2 is 2.21 bits per heavy atom. The second-order valence-corrected chi connectivity index (χ2v) is 4.37. The number of urea groups is 1.